The molecule has 1 aromatic heterocycles. The van der Waals surface area contributed by atoms with Crippen LogP contribution in [0.1, 0.15) is 18.2 Å². The molecule has 0 amide bonds. The standard InChI is InChI=1S/C16H20N4/c1-16(14-6-3-2-4-7-14)13-20(11-10-17-16)12-15-8-5-9-18-19-15/h2-9,17H,10-13H2,1H3. The minimum absolute atomic E-state index is 0.00171. The highest BCUT2D eigenvalue weighted by atomic mass is 15.2. The van der Waals surface area contributed by atoms with Gasteiger partial charge in [0.25, 0.3) is 0 Å². The quantitative estimate of drug-likeness (QED) is 0.921. The van der Waals surface area contributed by atoms with Gasteiger partial charge < -0.3 is 5.32 Å². The van der Waals surface area contributed by atoms with Crippen molar-refractivity contribution >= 4 is 0 Å². The Morgan fingerprint density at radius 1 is 1.20 bits per heavy atom. The number of benzene rings is 1. The highest BCUT2D eigenvalue weighted by Gasteiger charge is 2.32. The molecule has 1 N–H and O–H groups in total. The highest BCUT2D eigenvalue weighted by molar-refractivity contribution is 5.25. The van der Waals surface area contributed by atoms with E-state index in [-0.39, 0.29) is 5.54 Å². The van der Waals surface area contributed by atoms with Gasteiger partial charge in [-0.25, -0.2) is 0 Å². The number of nitrogens with one attached hydrogen (secondary N) is 1. The molecule has 0 aliphatic carbocycles. The van der Waals surface area contributed by atoms with Crippen molar-refractivity contribution in [1.29, 1.82) is 0 Å². The lowest BCUT2D eigenvalue weighted by molar-refractivity contribution is 0.135. The number of rotatable bonds is 3. The summed E-state index contributed by atoms with van der Waals surface area (Å²) < 4.78 is 0. The molecular weight excluding hydrogens is 248 g/mol. The molecule has 3 rings (SSSR count). The minimum atomic E-state index is 0.00171. The van der Waals surface area contributed by atoms with Gasteiger partial charge in [-0.3, -0.25) is 4.90 Å². The van der Waals surface area contributed by atoms with Gasteiger partial charge in [0.05, 0.1) is 11.2 Å². The third kappa shape index (κ3) is 2.86. The van der Waals surface area contributed by atoms with Crippen LogP contribution < -0.4 is 5.32 Å². The Balaban J connectivity index is 1.73. The average Bonchev–Trinajstić information content (AvgIpc) is 2.49. The molecule has 0 bridgehead atoms. The first-order valence-corrected chi connectivity index (χ1v) is 7.06. The normalized spacial score (nSPS) is 23.6. The Kier molecular flexibility index (Phi) is 3.76. The van der Waals surface area contributed by atoms with Gasteiger partial charge in [-0.05, 0) is 24.6 Å². The summed E-state index contributed by atoms with van der Waals surface area (Å²) in [5, 5.41) is 11.8. The lowest BCUT2D eigenvalue weighted by Gasteiger charge is -2.41. The first-order valence-electron chi connectivity index (χ1n) is 7.06. The largest absolute Gasteiger partial charge is 0.305 e. The molecule has 0 saturated carbocycles. The van der Waals surface area contributed by atoms with Crippen molar-refractivity contribution in [1.82, 2.24) is 20.4 Å². The van der Waals surface area contributed by atoms with Gasteiger partial charge in [-0.2, -0.15) is 10.2 Å². The minimum Gasteiger partial charge on any atom is -0.305 e. The van der Waals surface area contributed by atoms with Crippen molar-refractivity contribution in [2.75, 3.05) is 19.6 Å². The molecule has 1 aliphatic heterocycles. The van der Waals surface area contributed by atoms with E-state index in [2.05, 4.69) is 57.7 Å². The van der Waals surface area contributed by atoms with Gasteiger partial charge >= 0.3 is 0 Å². The highest BCUT2D eigenvalue weighted by Crippen LogP contribution is 2.24. The predicted molar refractivity (Wildman–Crippen MR) is 79.1 cm³/mol. The molecule has 4 nitrogen and oxygen atoms in total. The maximum absolute atomic E-state index is 4.18. The number of nitrogens with zero attached hydrogens (tertiary/aromatic N) is 3. The lowest BCUT2D eigenvalue weighted by atomic mass is 9.89. The third-order valence-electron chi connectivity index (χ3n) is 3.91. The Bertz CT molecular complexity index is 543. The van der Waals surface area contributed by atoms with Crippen LogP contribution in [0.2, 0.25) is 0 Å². The molecule has 1 saturated heterocycles. The zero-order chi connectivity index (χ0) is 13.8. The van der Waals surface area contributed by atoms with E-state index in [0.717, 1.165) is 31.9 Å². The molecule has 1 aliphatic rings. The maximum atomic E-state index is 4.18. The first kappa shape index (κ1) is 13.2. The molecule has 2 aromatic rings. The first-order chi connectivity index (χ1) is 9.76. The summed E-state index contributed by atoms with van der Waals surface area (Å²) in [4.78, 5) is 2.44. The SMILES string of the molecule is CC1(c2ccccc2)CN(Cc2cccnn2)CCN1. The number of aromatic nitrogens is 2. The van der Waals surface area contributed by atoms with E-state index in [9.17, 15) is 0 Å². The van der Waals surface area contributed by atoms with Crippen molar-refractivity contribution in [3.63, 3.8) is 0 Å². The Labute approximate surface area is 119 Å². The molecule has 20 heavy (non-hydrogen) atoms. The molecule has 1 unspecified atom stereocenters. The lowest BCUT2D eigenvalue weighted by Crippen LogP contribution is -2.56. The summed E-state index contributed by atoms with van der Waals surface area (Å²) in [5.41, 5.74) is 2.37. The van der Waals surface area contributed by atoms with Crippen molar-refractivity contribution in [2.24, 2.45) is 0 Å². The molecule has 0 spiro atoms. The van der Waals surface area contributed by atoms with Crippen molar-refractivity contribution in [3.05, 3.63) is 59.9 Å². The van der Waals surface area contributed by atoms with Crippen LogP contribution in [-0.2, 0) is 12.1 Å². The monoisotopic (exact) mass is 268 g/mol. The van der Waals surface area contributed by atoms with Crippen molar-refractivity contribution in [3.8, 4) is 0 Å². The second-order valence-corrected chi connectivity index (χ2v) is 5.55. The average molecular weight is 268 g/mol. The van der Waals surface area contributed by atoms with Crippen LogP contribution in [-0.4, -0.2) is 34.7 Å². The summed E-state index contributed by atoms with van der Waals surface area (Å²) in [7, 11) is 0. The molecule has 1 atom stereocenters. The van der Waals surface area contributed by atoms with Crippen LogP contribution in [0.4, 0.5) is 0 Å². The number of hydrogen-bond donors (Lipinski definition) is 1. The van der Waals surface area contributed by atoms with E-state index >= 15 is 0 Å². The Hall–Kier alpha value is -1.78. The zero-order valence-electron chi connectivity index (χ0n) is 11.8. The van der Waals surface area contributed by atoms with Gasteiger partial charge in [0, 0.05) is 32.4 Å². The van der Waals surface area contributed by atoms with Crippen LogP contribution in [0.3, 0.4) is 0 Å². The summed E-state index contributed by atoms with van der Waals surface area (Å²) in [6, 6.07) is 14.6. The van der Waals surface area contributed by atoms with Crippen LogP contribution >= 0.6 is 0 Å². The Morgan fingerprint density at radius 2 is 2.05 bits per heavy atom. The van der Waals surface area contributed by atoms with Crippen molar-refractivity contribution in [2.45, 2.75) is 19.0 Å². The van der Waals surface area contributed by atoms with E-state index < -0.39 is 0 Å². The van der Waals surface area contributed by atoms with E-state index in [1.807, 2.05) is 12.1 Å². The summed E-state index contributed by atoms with van der Waals surface area (Å²) >= 11 is 0. The van der Waals surface area contributed by atoms with E-state index in [1.165, 1.54) is 5.56 Å². The maximum Gasteiger partial charge on any atom is 0.0771 e. The van der Waals surface area contributed by atoms with Crippen LogP contribution in [0, 0.1) is 0 Å². The molecular formula is C16H20N4. The van der Waals surface area contributed by atoms with Crippen LogP contribution in [0.25, 0.3) is 0 Å². The van der Waals surface area contributed by atoms with E-state index in [4.69, 9.17) is 0 Å². The van der Waals surface area contributed by atoms with Crippen molar-refractivity contribution < 1.29 is 0 Å². The summed E-state index contributed by atoms with van der Waals surface area (Å²) in [5.74, 6) is 0. The molecule has 1 fully saturated rings. The third-order valence-corrected chi connectivity index (χ3v) is 3.91. The van der Waals surface area contributed by atoms with E-state index in [0.29, 0.717) is 0 Å². The van der Waals surface area contributed by atoms with Gasteiger partial charge in [-0.15, -0.1) is 0 Å². The summed E-state index contributed by atoms with van der Waals surface area (Å²) in [6.45, 7) is 6.14. The van der Waals surface area contributed by atoms with Crippen LogP contribution in [0.5, 0.6) is 0 Å². The van der Waals surface area contributed by atoms with Gasteiger partial charge in [0.2, 0.25) is 0 Å². The molecule has 104 valence electrons. The molecule has 0 radical (unpaired) electrons. The fraction of sp³-hybridized carbons (Fsp3) is 0.375. The van der Waals surface area contributed by atoms with Gasteiger partial charge in [-0.1, -0.05) is 30.3 Å². The second kappa shape index (κ2) is 5.69. The fourth-order valence-corrected chi connectivity index (χ4v) is 2.85. The topological polar surface area (TPSA) is 41.1 Å². The fourth-order valence-electron chi connectivity index (χ4n) is 2.85. The Morgan fingerprint density at radius 3 is 2.80 bits per heavy atom. The smallest absolute Gasteiger partial charge is 0.0771 e. The van der Waals surface area contributed by atoms with Crippen LogP contribution in [0.15, 0.2) is 48.7 Å². The zero-order valence-corrected chi connectivity index (χ0v) is 11.8. The molecule has 4 heteroatoms. The number of piperazine rings is 1. The van der Waals surface area contributed by atoms with Gasteiger partial charge in [0.15, 0.2) is 0 Å². The predicted octanol–water partition coefficient (Wildman–Crippen LogP) is 1.80. The van der Waals surface area contributed by atoms with Gasteiger partial charge in [0.1, 0.15) is 0 Å². The number of hydrogen-bond acceptors (Lipinski definition) is 4. The summed E-state index contributed by atoms with van der Waals surface area (Å²) in [6.07, 6.45) is 1.72. The molecule has 1 aromatic carbocycles. The van der Waals surface area contributed by atoms with E-state index in [1.54, 1.807) is 6.20 Å². The molecule has 2 heterocycles. The second-order valence-electron chi connectivity index (χ2n) is 5.55.